The second kappa shape index (κ2) is 5.56. The van der Waals surface area contributed by atoms with Gasteiger partial charge < -0.3 is 5.32 Å². The molecule has 0 saturated heterocycles. The second-order valence-corrected chi connectivity index (χ2v) is 7.94. The van der Waals surface area contributed by atoms with Crippen molar-refractivity contribution in [3.05, 3.63) is 53.2 Å². The minimum Gasteiger partial charge on any atom is -0.351 e. The number of fused-ring (bicyclic) bond motifs is 2. The number of hydrogen-bond donors (Lipinski definition) is 1. The molecule has 3 aromatic rings. The monoisotopic (exact) mass is 380 g/mol. The Hall–Kier alpha value is -2.90. The molecule has 0 aliphatic heterocycles. The van der Waals surface area contributed by atoms with Gasteiger partial charge in [0.1, 0.15) is 0 Å². The van der Waals surface area contributed by atoms with Crippen molar-refractivity contribution in [2.75, 3.05) is 5.32 Å². The standard InChI is InChI=1S/C20H18F2N6/c21-20(22)7-12(8-20)25-19-23-9-15-13(3-4-16(15)27-19)17-5-6-28-18(26-17)14(10-24-28)11-1-2-11/h3,5-6,9-12H,1-2,4,7-8H2,(H,23,25,27). The molecule has 0 atom stereocenters. The minimum atomic E-state index is -2.56. The van der Waals surface area contributed by atoms with Crippen LogP contribution < -0.4 is 5.32 Å². The summed E-state index contributed by atoms with van der Waals surface area (Å²) in [5.74, 6) is -1.55. The van der Waals surface area contributed by atoms with Crippen molar-refractivity contribution in [3.63, 3.8) is 0 Å². The van der Waals surface area contributed by atoms with Gasteiger partial charge in [0.15, 0.2) is 5.65 Å². The van der Waals surface area contributed by atoms with E-state index in [1.54, 1.807) is 6.20 Å². The maximum absolute atomic E-state index is 13.0. The molecule has 6 nitrogen and oxygen atoms in total. The van der Waals surface area contributed by atoms with E-state index in [9.17, 15) is 8.78 Å². The van der Waals surface area contributed by atoms with E-state index in [4.69, 9.17) is 4.98 Å². The molecular weight excluding hydrogens is 362 g/mol. The SMILES string of the molecule is FC1(F)CC(Nc2ncc3c(n2)CC=C3c2ccn3ncc(C4CC4)c3n2)C1. The summed E-state index contributed by atoms with van der Waals surface area (Å²) in [6.07, 6.45) is 10.5. The van der Waals surface area contributed by atoms with Crippen LogP contribution in [-0.4, -0.2) is 36.5 Å². The first-order chi connectivity index (χ1) is 13.6. The first-order valence-corrected chi connectivity index (χ1v) is 9.61. The lowest BCUT2D eigenvalue weighted by molar-refractivity contribution is -0.0794. The van der Waals surface area contributed by atoms with Crippen LogP contribution in [0.3, 0.4) is 0 Å². The fraction of sp³-hybridized carbons (Fsp3) is 0.400. The first kappa shape index (κ1) is 16.1. The van der Waals surface area contributed by atoms with Crippen LogP contribution in [0.2, 0.25) is 0 Å². The molecule has 3 heterocycles. The van der Waals surface area contributed by atoms with Gasteiger partial charge in [0, 0.05) is 54.4 Å². The molecule has 28 heavy (non-hydrogen) atoms. The molecular formula is C20H18F2N6. The Morgan fingerprint density at radius 3 is 2.79 bits per heavy atom. The van der Waals surface area contributed by atoms with Gasteiger partial charge in [-0.3, -0.25) is 0 Å². The smallest absolute Gasteiger partial charge is 0.252 e. The Balaban J connectivity index is 1.28. The number of anilines is 1. The molecule has 3 aromatic heterocycles. The van der Waals surface area contributed by atoms with Gasteiger partial charge in [-0.25, -0.2) is 28.2 Å². The number of nitrogens with one attached hydrogen (secondary N) is 1. The highest BCUT2D eigenvalue weighted by Gasteiger charge is 2.45. The molecule has 0 unspecified atom stereocenters. The molecule has 6 rings (SSSR count). The molecule has 8 heteroatoms. The van der Waals surface area contributed by atoms with E-state index in [1.165, 1.54) is 18.4 Å². The lowest BCUT2D eigenvalue weighted by Gasteiger charge is -2.35. The maximum atomic E-state index is 13.0. The van der Waals surface area contributed by atoms with Crippen LogP contribution in [0.4, 0.5) is 14.7 Å². The van der Waals surface area contributed by atoms with Crippen LogP contribution in [0.1, 0.15) is 54.1 Å². The predicted molar refractivity (Wildman–Crippen MR) is 99.4 cm³/mol. The van der Waals surface area contributed by atoms with E-state index in [0.717, 1.165) is 28.2 Å². The van der Waals surface area contributed by atoms with Crippen molar-refractivity contribution in [3.8, 4) is 0 Å². The molecule has 3 aliphatic carbocycles. The van der Waals surface area contributed by atoms with Gasteiger partial charge in [-0.2, -0.15) is 5.10 Å². The average Bonchev–Trinajstić information content (AvgIpc) is 3.26. The van der Waals surface area contributed by atoms with Crippen LogP contribution in [0.5, 0.6) is 0 Å². The topological polar surface area (TPSA) is 68.0 Å². The summed E-state index contributed by atoms with van der Waals surface area (Å²) < 4.78 is 27.9. The third-order valence-electron chi connectivity index (χ3n) is 5.77. The zero-order valence-electron chi connectivity index (χ0n) is 15.1. The van der Waals surface area contributed by atoms with E-state index >= 15 is 0 Å². The summed E-state index contributed by atoms with van der Waals surface area (Å²) in [4.78, 5) is 13.8. The lowest BCUT2D eigenvalue weighted by Crippen LogP contribution is -2.44. The Bertz CT molecular complexity index is 1120. The Kier molecular flexibility index (Phi) is 3.19. The third-order valence-corrected chi connectivity index (χ3v) is 5.77. The molecule has 1 N–H and O–H groups in total. The summed E-state index contributed by atoms with van der Waals surface area (Å²) in [6.45, 7) is 0. The number of aromatic nitrogens is 5. The van der Waals surface area contributed by atoms with Crippen LogP contribution in [0.15, 0.2) is 30.7 Å². The number of alkyl halides is 2. The molecule has 3 aliphatic rings. The van der Waals surface area contributed by atoms with E-state index < -0.39 is 5.92 Å². The van der Waals surface area contributed by atoms with Crippen LogP contribution in [-0.2, 0) is 6.42 Å². The number of hydrogen-bond acceptors (Lipinski definition) is 5. The van der Waals surface area contributed by atoms with Crippen molar-refractivity contribution >= 4 is 17.2 Å². The number of allylic oxidation sites excluding steroid dienone is 1. The highest BCUT2D eigenvalue weighted by atomic mass is 19.3. The highest BCUT2D eigenvalue weighted by Crippen LogP contribution is 2.42. The summed E-state index contributed by atoms with van der Waals surface area (Å²) in [5, 5.41) is 7.42. The Morgan fingerprint density at radius 1 is 1.14 bits per heavy atom. The zero-order valence-corrected chi connectivity index (χ0v) is 15.1. The minimum absolute atomic E-state index is 0.157. The van der Waals surface area contributed by atoms with Crippen molar-refractivity contribution in [1.82, 2.24) is 24.6 Å². The van der Waals surface area contributed by atoms with Crippen molar-refractivity contribution in [2.24, 2.45) is 0 Å². The van der Waals surface area contributed by atoms with Gasteiger partial charge in [0.2, 0.25) is 5.95 Å². The Labute approximate surface area is 159 Å². The third kappa shape index (κ3) is 2.58. The zero-order chi connectivity index (χ0) is 18.9. The van der Waals surface area contributed by atoms with Gasteiger partial charge in [-0.1, -0.05) is 6.08 Å². The molecule has 0 amide bonds. The van der Waals surface area contributed by atoms with Crippen molar-refractivity contribution < 1.29 is 8.78 Å². The molecule has 0 aromatic carbocycles. The molecule has 2 fully saturated rings. The van der Waals surface area contributed by atoms with E-state index in [-0.39, 0.29) is 18.9 Å². The molecule has 0 radical (unpaired) electrons. The first-order valence-electron chi connectivity index (χ1n) is 9.61. The summed E-state index contributed by atoms with van der Waals surface area (Å²) in [7, 11) is 0. The van der Waals surface area contributed by atoms with Crippen LogP contribution >= 0.6 is 0 Å². The number of rotatable bonds is 4. The van der Waals surface area contributed by atoms with Gasteiger partial charge in [-0.15, -0.1) is 0 Å². The largest absolute Gasteiger partial charge is 0.351 e. The number of halogens is 2. The normalized spacial score (nSPS) is 20.7. The fourth-order valence-corrected chi connectivity index (χ4v) is 4.08. The van der Waals surface area contributed by atoms with E-state index in [0.29, 0.717) is 18.3 Å². The maximum Gasteiger partial charge on any atom is 0.252 e. The lowest BCUT2D eigenvalue weighted by atomic mass is 9.88. The average molecular weight is 380 g/mol. The fourth-order valence-electron chi connectivity index (χ4n) is 4.08. The molecule has 142 valence electrons. The van der Waals surface area contributed by atoms with Crippen molar-refractivity contribution in [1.29, 1.82) is 0 Å². The van der Waals surface area contributed by atoms with Gasteiger partial charge in [0.25, 0.3) is 5.92 Å². The quantitative estimate of drug-likeness (QED) is 0.749. The summed E-state index contributed by atoms with van der Waals surface area (Å²) >= 11 is 0. The number of nitrogens with zero attached hydrogens (tertiary/aromatic N) is 5. The predicted octanol–water partition coefficient (Wildman–Crippen LogP) is 3.59. The highest BCUT2D eigenvalue weighted by molar-refractivity contribution is 5.82. The van der Waals surface area contributed by atoms with Crippen LogP contribution in [0, 0.1) is 0 Å². The summed E-state index contributed by atoms with van der Waals surface area (Å²) in [5.41, 5.74) is 5.89. The van der Waals surface area contributed by atoms with Crippen molar-refractivity contribution in [2.45, 2.75) is 50.0 Å². The van der Waals surface area contributed by atoms with E-state index in [1.807, 2.05) is 23.0 Å². The molecule has 0 bridgehead atoms. The van der Waals surface area contributed by atoms with Gasteiger partial charge in [0.05, 0.1) is 17.6 Å². The summed E-state index contributed by atoms with van der Waals surface area (Å²) in [6, 6.07) is 1.70. The molecule has 2 saturated carbocycles. The van der Waals surface area contributed by atoms with Gasteiger partial charge in [-0.05, 0) is 24.8 Å². The molecule has 0 spiro atoms. The Morgan fingerprint density at radius 2 is 2.00 bits per heavy atom. The second-order valence-electron chi connectivity index (χ2n) is 7.94. The van der Waals surface area contributed by atoms with Crippen LogP contribution in [0.25, 0.3) is 11.2 Å². The van der Waals surface area contributed by atoms with E-state index in [2.05, 4.69) is 26.5 Å². The van der Waals surface area contributed by atoms with Gasteiger partial charge >= 0.3 is 0 Å².